The fraction of sp³-hybridized carbons (Fsp3) is 0.211. The summed E-state index contributed by atoms with van der Waals surface area (Å²) in [4.78, 5) is 2.87. The molecule has 3 aromatic rings. The summed E-state index contributed by atoms with van der Waals surface area (Å²) in [6.45, 7) is 5.00. The van der Waals surface area contributed by atoms with Crippen LogP contribution in [0.25, 0.3) is 10.9 Å². The van der Waals surface area contributed by atoms with Crippen LogP contribution in [0.15, 0.2) is 40.6 Å². The van der Waals surface area contributed by atoms with E-state index in [-0.39, 0.29) is 11.0 Å². The number of aromatic amines is 1. The number of rotatable bonds is 2. The fourth-order valence-corrected chi connectivity index (χ4v) is 3.14. The number of hydrogen-bond donors (Lipinski definition) is 3. The van der Waals surface area contributed by atoms with Crippen molar-refractivity contribution in [3.63, 3.8) is 0 Å². The summed E-state index contributed by atoms with van der Waals surface area (Å²) in [6.07, 6.45) is 0. The molecule has 1 aliphatic rings. The number of fused-ring (bicyclic) bond motifs is 2. The van der Waals surface area contributed by atoms with Gasteiger partial charge in [0.1, 0.15) is 13.2 Å². The van der Waals surface area contributed by atoms with Crippen molar-refractivity contribution < 1.29 is 14.6 Å². The molecule has 1 aliphatic heterocycles. The van der Waals surface area contributed by atoms with Crippen LogP contribution in [0.2, 0.25) is 0 Å². The second-order valence-electron chi connectivity index (χ2n) is 6.31. The molecular formula is C19H18N4O3S. The van der Waals surface area contributed by atoms with Crippen molar-refractivity contribution in [1.82, 2.24) is 4.98 Å². The molecule has 1 aromatic heterocycles. The molecule has 0 atom stereocenters. The minimum Gasteiger partial charge on any atom is -0.493 e. The Morgan fingerprint density at radius 3 is 2.63 bits per heavy atom. The van der Waals surface area contributed by atoms with E-state index in [1.165, 1.54) is 5.56 Å². The van der Waals surface area contributed by atoms with Gasteiger partial charge in [-0.2, -0.15) is 0 Å². The Balaban J connectivity index is 1.60. The molecule has 0 saturated heterocycles. The summed E-state index contributed by atoms with van der Waals surface area (Å²) in [7, 11) is 0. The molecule has 2 heterocycles. The lowest BCUT2D eigenvalue weighted by atomic mass is 10.1. The summed E-state index contributed by atoms with van der Waals surface area (Å²) >= 11 is 5.26. The Bertz CT molecular complexity index is 1070. The number of ether oxygens (including phenoxy) is 2. The van der Waals surface area contributed by atoms with Crippen molar-refractivity contribution in [3.05, 3.63) is 41.5 Å². The average molecular weight is 382 g/mol. The molecule has 27 heavy (non-hydrogen) atoms. The lowest BCUT2D eigenvalue weighted by molar-refractivity contribution is 0.172. The van der Waals surface area contributed by atoms with Gasteiger partial charge in [-0.05, 0) is 43.8 Å². The minimum atomic E-state index is -0.0922. The van der Waals surface area contributed by atoms with Crippen LogP contribution in [0.5, 0.6) is 17.4 Å². The van der Waals surface area contributed by atoms with Gasteiger partial charge in [-0.1, -0.05) is 17.7 Å². The van der Waals surface area contributed by atoms with E-state index in [1.807, 2.05) is 26.0 Å². The third kappa shape index (κ3) is 3.43. The highest BCUT2D eigenvalue weighted by molar-refractivity contribution is 7.80. The minimum absolute atomic E-state index is 0.0922. The Morgan fingerprint density at radius 2 is 1.89 bits per heavy atom. The standard InChI is InChI=1S/C19H18N4O3S/c1-10-3-4-13(11(2)7-10)21-19(27)23-22-17-12-8-15-16(26-6-5-25-15)9-14(12)20-18(17)24/h3-4,7-9,20,24H,5-6H2,1-2H3,(H,21,27). The van der Waals surface area contributed by atoms with Gasteiger partial charge in [0, 0.05) is 17.1 Å². The molecule has 4 rings (SSSR count). The SMILES string of the molecule is Cc1ccc(NC(=S)N=Nc2c(O)[nH]c3cc4c(cc23)OCCO4)c(C)c1. The molecule has 0 unspecified atom stereocenters. The predicted molar refractivity (Wildman–Crippen MR) is 108 cm³/mol. The van der Waals surface area contributed by atoms with Crippen LogP contribution in [0, 0.1) is 13.8 Å². The number of aromatic nitrogens is 1. The molecule has 0 spiro atoms. The quantitative estimate of drug-likeness (QED) is 0.440. The monoisotopic (exact) mass is 382 g/mol. The number of nitrogens with zero attached hydrogens (tertiary/aromatic N) is 2. The Morgan fingerprint density at radius 1 is 1.15 bits per heavy atom. The van der Waals surface area contributed by atoms with Crippen LogP contribution in [0.3, 0.4) is 0 Å². The molecule has 7 nitrogen and oxygen atoms in total. The topological polar surface area (TPSA) is 91.2 Å². The second-order valence-corrected chi connectivity index (χ2v) is 6.70. The highest BCUT2D eigenvalue weighted by atomic mass is 32.1. The van der Waals surface area contributed by atoms with Crippen molar-refractivity contribution in [3.8, 4) is 17.4 Å². The molecule has 0 fully saturated rings. The number of azo groups is 1. The first kappa shape index (κ1) is 17.3. The number of benzene rings is 2. The molecule has 0 aliphatic carbocycles. The lowest BCUT2D eigenvalue weighted by Crippen LogP contribution is -2.15. The number of thiocarbonyl (C=S) groups is 1. The smallest absolute Gasteiger partial charge is 0.218 e. The third-order valence-electron chi connectivity index (χ3n) is 4.28. The van der Waals surface area contributed by atoms with E-state index < -0.39 is 0 Å². The first-order valence-corrected chi connectivity index (χ1v) is 8.86. The number of nitrogens with one attached hydrogen (secondary N) is 2. The van der Waals surface area contributed by atoms with Crippen LogP contribution in [0.1, 0.15) is 11.1 Å². The van der Waals surface area contributed by atoms with E-state index in [4.69, 9.17) is 21.7 Å². The van der Waals surface area contributed by atoms with E-state index in [2.05, 4.69) is 26.6 Å². The molecular weight excluding hydrogens is 364 g/mol. The molecule has 0 amide bonds. The van der Waals surface area contributed by atoms with Crippen LogP contribution >= 0.6 is 12.2 Å². The maximum atomic E-state index is 10.2. The summed E-state index contributed by atoms with van der Waals surface area (Å²) < 4.78 is 11.1. The van der Waals surface area contributed by atoms with Gasteiger partial charge < -0.3 is 24.9 Å². The summed E-state index contributed by atoms with van der Waals surface area (Å²) in [5.41, 5.74) is 4.08. The summed E-state index contributed by atoms with van der Waals surface area (Å²) in [5, 5.41) is 22.3. The van der Waals surface area contributed by atoms with E-state index in [9.17, 15) is 5.11 Å². The third-order valence-corrected chi connectivity index (χ3v) is 4.46. The molecule has 0 saturated carbocycles. The zero-order valence-corrected chi connectivity index (χ0v) is 15.7. The van der Waals surface area contributed by atoms with Gasteiger partial charge in [-0.3, -0.25) is 0 Å². The number of hydrogen-bond acceptors (Lipinski definition) is 5. The van der Waals surface area contributed by atoms with E-state index >= 15 is 0 Å². The van der Waals surface area contributed by atoms with Crippen molar-refractivity contribution in [2.45, 2.75) is 13.8 Å². The van der Waals surface area contributed by atoms with Gasteiger partial charge in [0.05, 0.1) is 5.52 Å². The number of aryl methyl sites for hydroxylation is 2. The molecule has 3 N–H and O–H groups in total. The Hall–Kier alpha value is -3.13. The zero-order valence-electron chi connectivity index (χ0n) is 14.9. The maximum Gasteiger partial charge on any atom is 0.218 e. The molecule has 8 heteroatoms. The Labute approximate surface area is 161 Å². The highest BCUT2D eigenvalue weighted by Crippen LogP contribution is 2.42. The fourth-order valence-electron chi connectivity index (χ4n) is 2.99. The number of H-pyrrole nitrogens is 1. The predicted octanol–water partition coefficient (Wildman–Crippen LogP) is 4.74. The van der Waals surface area contributed by atoms with E-state index in [1.54, 1.807) is 12.1 Å². The largest absolute Gasteiger partial charge is 0.493 e. The molecule has 0 bridgehead atoms. The first-order valence-electron chi connectivity index (χ1n) is 8.45. The molecule has 2 aromatic carbocycles. The average Bonchev–Trinajstić information content (AvgIpc) is 2.94. The van der Waals surface area contributed by atoms with E-state index in [0.717, 1.165) is 11.3 Å². The van der Waals surface area contributed by atoms with Crippen LogP contribution in [0.4, 0.5) is 11.4 Å². The van der Waals surface area contributed by atoms with Crippen molar-refractivity contribution >= 4 is 39.6 Å². The molecule has 138 valence electrons. The van der Waals surface area contributed by atoms with Crippen LogP contribution in [-0.4, -0.2) is 28.4 Å². The van der Waals surface area contributed by atoms with Gasteiger partial charge in [0.15, 0.2) is 17.2 Å². The number of anilines is 1. The number of aromatic hydroxyl groups is 1. The van der Waals surface area contributed by atoms with Gasteiger partial charge >= 0.3 is 0 Å². The van der Waals surface area contributed by atoms with Crippen molar-refractivity contribution in [1.29, 1.82) is 0 Å². The van der Waals surface area contributed by atoms with Crippen LogP contribution in [-0.2, 0) is 0 Å². The lowest BCUT2D eigenvalue weighted by Gasteiger charge is -2.18. The zero-order chi connectivity index (χ0) is 19.0. The second kappa shape index (κ2) is 6.88. The first-order chi connectivity index (χ1) is 13.0. The van der Waals surface area contributed by atoms with Gasteiger partial charge in [-0.25, -0.2) is 0 Å². The van der Waals surface area contributed by atoms with Gasteiger partial charge in [0.25, 0.3) is 0 Å². The molecule has 0 radical (unpaired) electrons. The van der Waals surface area contributed by atoms with Gasteiger partial charge in [0.2, 0.25) is 11.0 Å². The van der Waals surface area contributed by atoms with Gasteiger partial charge in [-0.15, -0.1) is 10.2 Å². The Kier molecular flexibility index (Phi) is 4.41. The van der Waals surface area contributed by atoms with E-state index in [0.29, 0.717) is 41.3 Å². The highest BCUT2D eigenvalue weighted by Gasteiger charge is 2.18. The summed E-state index contributed by atoms with van der Waals surface area (Å²) in [5.74, 6) is 1.15. The normalized spacial score (nSPS) is 13.3. The van der Waals surface area contributed by atoms with Crippen molar-refractivity contribution in [2.24, 2.45) is 10.2 Å². The van der Waals surface area contributed by atoms with Crippen molar-refractivity contribution in [2.75, 3.05) is 18.5 Å². The summed E-state index contributed by atoms with van der Waals surface area (Å²) in [6, 6.07) is 9.54. The van der Waals surface area contributed by atoms with Crippen LogP contribution < -0.4 is 14.8 Å². The maximum absolute atomic E-state index is 10.2.